The summed E-state index contributed by atoms with van der Waals surface area (Å²) in [6.07, 6.45) is -9.64. The number of alkyl halides is 3. The Morgan fingerprint density at radius 1 is 1.03 bits per heavy atom. The number of thiophene rings is 1. The zero-order chi connectivity index (χ0) is 48.8. The van der Waals surface area contributed by atoms with Crippen LogP contribution in [-0.2, 0) is 15.7 Å². The first-order chi connectivity index (χ1) is 31.2. The molecule has 358 valence electrons. The van der Waals surface area contributed by atoms with Gasteiger partial charge in [0, 0.05) is 47.6 Å². The number of anilines is 2. The maximum Gasteiger partial charge on any atom is 0.417 e. The number of amides is 2. The monoisotopic (exact) mass is 965 g/mol. The molecule has 4 aliphatic heterocycles. The lowest BCUT2D eigenvalue weighted by Crippen LogP contribution is -2.63. The van der Waals surface area contributed by atoms with Gasteiger partial charge in [-0.15, -0.1) is 11.3 Å². The van der Waals surface area contributed by atoms with Crippen LogP contribution in [0.4, 0.5) is 59.9 Å². The van der Waals surface area contributed by atoms with Gasteiger partial charge in [0.25, 0.3) is 12.2 Å². The van der Waals surface area contributed by atoms with E-state index in [4.69, 9.17) is 14.2 Å². The summed E-state index contributed by atoms with van der Waals surface area (Å²) >= 11 is 0.513. The molecular weight excluding hydrogens is 922 g/mol. The molecule has 3 atom stereocenters. The van der Waals surface area contributed by atoms with Crippen LogP contribution in [0.5, 0.6) is 6.01 Å². The predicted molar refractivity (Wildman–Crippen MR) is 229 cm³/mol. The van der Waals surface area contributed by atoms with E-state index in [1.54, 1.807) is 47.6 Å². The number of nitrogens with zero attached hydrogens (tertiary/aromatic N) is 6. The number of fused-ring (bicyclic) bond motifs is 5. The summed E-state index contributed by atoms with van der Waals surface area (Å²) in [5.41, 5.74) is -9.50. The Bertz CT molecular complexity index is 2810. The first-order valence-corrected chi connectivity index (χ1v) is 22.0. The van der Waals surface area contributed by atoms with Gasteiger partial charge in [-0.2, -0.15) is 46.0 Å². The lowest BCUT2D eigenvalue weighted by atomic mass is 9.92. The van der Waals surface area contributed by atoms with Crippen molar-refractivity contribution in [2.45, 2.75) is 108 Å². The molecule has 67 heavy (non-hydrogen) atoms. The third-order valence-electron chi connectivity index (χ3n) is 12.3. The second-order valence-corrected chi connectivity index (χ2v) is 20.2. The van der Waals surface area contributed by atoms with Gasteiger partial charge in [0.05, 0.1) is 32.9 Å². The van der Waals surface area contributed by atoms with Crippen LogP contribution < -0.4 is 15.0 Å². The Morgan fingerprint density at radius 3 is 2.39 bits per heavy atom. The lowest BCUT2D eigenvalue weighted by Gasteiger charge is -2.48. The van der Waals surface area contributed by atoms with E-state index in [2.05, 4.69) is 15.3 Å². The van der Waals surface area contributed by atoms with Gasteiger partial charge in [-0.1, -0.05) is 6.07 Å². The van der Waals surface area contributed by atoms with E-state index < -0.39 is 126 Å². The fourth-order valence-electron chi connectivity index (χ4n) is 9.82. The predicted octanol–water partition coefficient (Wildman–Crippen LogP) is 11.5. The highest BCUT2D eigenvalue weighted by Crippen LogP contribution is 2.51. The fraction of sp³-hybridized carbons (Fsp3) is 0.489. The molecule has 8 rings (SSSR count). The summed E-state index contributed by atoms with van der Waals surface area (Å²) in [6, 6.07) is 2.56. The highest BCUT2D eigenvalue weighted by atomic mass is 32.1. The van der Waals surface area contributed by atoms with Crippen LogP contribution in [0.25, 0.3) is 32.1 Å². The molecule has 4 aliphatic rings. The van der Waals surface area contributed by atoms with Crippen molar-refractivity contribution in [3.05, 3.63) is 64.8 Å². The quantitative estimate of drug-likeness (QED) is 0.178. The topological polar surface area (TPSA) is 133 Å². The maximum absolute atomic E-state index is 17.8. The fourth-order valence-corrected chi connectivity index (χ4v) is 10.9. The molecule has 4 fully saturated rings. The highest BCUT2D eigenvalue weighted by Gasteiger charge is 2.55. The smallest absolute Gasteiger partial charge is 0.417 e. The van der Waals surface area contributed by atoms with E-state index in [9.17, 15) is 32.4 Å². The molecule has 4 aromatic rings. The standard InChI is InChI=1S/C45H44F9N7O5S/c1-41(2,3)65-39(62)58-37-26(17-55)30-24(8-9-28(46)34(30)67-37)31-27(45(52,53)54)14-25-33(32(31)49)56-38(64-21-44-11-7-13-60(44)18-22(15-44)35(50)51)57-36(25)59-19-23-10-12-43(20-59,16-29(47)48)61(23)40(63)66-42(4,5)6/h8-9,14,16,23H,7,10-13,15,18-21H2,1-6H3,(H,58,62)/t23?,43?,44-/m0/s1. The molecule has 0 saturated carbocycles. The number of rotatable bonds is 7. The van der Waals surface area contributed by atoms with Gasteiger partial charge in [0.2, 0.25) is 0 Å². The summed E-state index contributed by atoms with van der Waals surface area (Å²) in [5.74, 6) is -3.00. The van der Waals surface area contributed by atoms with Crippen molar-refractivity contribution >= 4 is 55.3 Å². The molecule has 6 heterocycles. The number of hydrogen-bond donors (Lipinski definition) is 1. The van der Waals surface area contributed by atoms with Crippen LogP contribution in [-0.4, -0.2) is 93.1 Å². The van der Waals surface area contributed by atoms with E-state index >= 15 is 22.0 Å². The largest absolute Gasteiger partial charge is 0.461 e. The van der Waals surface area contributed by atoms with Gasteiger partial charge in [0.15, 0.2) is 5.82 Å². The minimum absolute atomic E-state index is 0.0179. The van der Waals surface area contributed by atoms with Crippen molar-refractivity contribution in [3.8, 4) is 23.2 Å². The number of piperazine rings is 1. The number of nitrogens with one attached hydrogen (secondary N) is 1. The van der Waals surface area contributed by atoms with E-state index in [1.807, 2.05) is 4.90 Å². The zero-order valence-electron chi connectivity index (χ0n) is 37.0. The van der Waals surface area contributed by atoms with E-state index in [0.717, 1.165) is 12.1 Å². The van der Waals surface area contributed by atoms with Crippen LogP contribution in [0, 0.1) is 23.0 Å². The van der Waals surface area contributed by atoms with Crippen LogP contribution >= 0.6 is 11.3 Å². The third kappa shape index (κ3) is 8.91. The number of benzene rings is 2. The summed E-state index contributed by atoms with van der Waals surface area (Å²) < 4.78 is 153. The number of nitriles is 1. The Labute approximate surface area is 381 Å². The second kappa shape index (κ2) is 16.7. The zero-order valence-corrected chi connectivity index (χ0v) is 37.8. The average molecular weight is 966 g/mol. The van der Waals surface area contributed by atoms with Crippen molar-refractivity contribution in [1.29, 1.82) is 5.26 Å². The number of ether oxygens (including phenoxy) is 3. The van der Waals surface area contributed by atoms with Crippen molar-refractivity contribution < 1.29 is 63.3 Å². The van der Waals surface area contributed by atoms with E-state index in [-0.39, 0.29) is 55.4 Å². The van der Waals surface area contributed by atoms with Gasteiger partial charge in [-0.25, -0.2) is 18.4 Å². The van der Waals surface area contributed by atoms with Crippen LogP contribution in [0.3, 0.4) is 0 Å². The summed E-state index contributed by atoms with van der Waals surface area (Å²) in [4.78, 5) is 39.5. The first-order valence-electron chi connectivity index (χ1n) is 21.2. The molecule has 1 N–H and O–H groups in total. The van der Waals surface area contributed by atoms with Crippen molar-refractivity contribution in [2.75, 3.05) is 43.0 Å². The molecule has 2 unspecified atom stereocenters. The van der Waals surface area contributed by atoms with E-state index in [1.165, 1.54) is 9.80 Å². The molecular formula is C45H44F9N7O5S. The summed E-state index contributed by atoms with van der Waals surface area (Å²) in [6.45, 7) is 8.88. The van der Waals surface area contributed by atoms with Crippen LogP contribution in [0.15, 0.2) is 42.0 Å². The number of halogens is 9. The molecule has 2 amide bonds. The van der Waals surface area contributed by atoms with Crippen LogP contribution in [0.2, 0.25) is 0 Å². The van der Waals surface area contributed by atoms with Crippen molar-refractivity contribution in [2.24, 2.45) is 0 Å². The van der Waals surface area contributed by atoms with Gasteiger partial charge >= 0.3 is 24.4 Å². The molecule has 2 aromatic carbocycles. The molecule has 0 aliphatic carbocycles. The molecule has 22 heteroatoms. The number of carbonyl (C=O) groups is 2. The first kappa shape index (κ1) is 47.7. The molecule has 0 spiro atoms. The van der Waals surface area contributed by atoms with Gasteiger partial charge in [-0.05, 0) is 97.9 Å². The Morgan fingerprint density at radius 2 is 1.75 bits per heavy atom. The molecule has 4 saturated heterocycles. The Balaban J connectivity index is 1.33. The Kier molecular flexibility index (Phi) is 11.9. The number of carbonyl (C=O) groups excluding carboxylic acids is 2. The van der Waals surface area contributed by atoms with Gasteiger partial charge in [0.1, 0.15) is 46.0 Å². The SMILES string of the molecule is CC(C)(C)OC(=O)Nc1sc2c(F)ccc(-c3c(C(F)(F)F)cc4c(N5CC6CCC(C=C(F)F)(C5)N6C(=O)OC(C)(C)C)nc(OC[C@@]56CCCN5CC(=C(F)F)C6)nc4c3F)c2c1C#N. The lowest BCUT2D eigenvalue weighted by molar-refractivity contribution is -0.137. The Hall–Kier alpha value is -5.82. The maximum atomic E-state index is 17.8. The summed E-state index contributed by atoms with van der Waals surface area (Å²) in [7, 11) is 0. The normalized spacial score (nSPS) is 22.0. The molecule has 0 radical (unpaired) electrons. The highest BCUT2D eigenvalue weighted by molar-refractivity contribution is 7.23. The molecule has 12 nitrogen and oxygen atoms in total. The average Bonchev–Trinajstić information content (AvgIpc) is 3.93. The minimum atomic E-state index is -5.36. The molecule has 2 aromatic heterocycles. The number of hydrogen-bond acceptors (Lipinski definition) is 11. The number of aromatic nitrogens is 2. The van der Waals surface area contributed by atoms with Crippen LogP contribution in [0.1, 0.15) is 84.8 Å². The van der Waals surface area contributed by atoms with Gasteiger partial charge in [-0.3, -0.25) is 15.1 Å². The van der Waals surface area contributed by atoms with Crippen molar-refractivity contribution in [1.82, 2.24) is 19.8 Å². The second-order valence-electron chi connectivity index (χ2n) is 19.2. The minimum Gasteiger partial charge on any atom is -0.461 e. The molecule has 2 bridgehead atoms. The summed E-state index contributed by atoms with van der Waals surface area (Å²) in [5, 5.41) is 11.4. The third-order valence-corrected chi connectivity index (χ3v) is 13.4. The van der Waals surface area contributed by atoms with Gasteiger partial charge < -0.3 is 19.1 Å². The van der Waals surface area contributed by atoms with Crippen molar-refractivity contribution in [3.63, 3.8) is 0 Å². The van der Waals surface area contributed by atoms with E-state index in [0.29, 0.717) is 42.9 Å².